The van der Waals surface area contributed by atoms with Crippen molar-refractivity contribution in [2.45, 2.75) is 79.5 Å². The van der Waals surface area contributed by atoms with Gasteiger partial charge in [-0.15, -0.1) is 0 Å². The van der Waals surface area contributed by atoms with E-state index in [1.807, 2.05) is 34.6 Å². The van der Waals surface area contributed by atoms with Gasteiger partial charge in [0.15, 0.2) is 0 Å². The van der Waals surface area contributed by atoms with Crippen molar-refractivity contribution in [2.75, 3.05) is 59.1 Å². The fraction of sp³-hybridized carbons (Fsp3) is 0.920. The van der Waals surface area contributed by atoms with E-state index in [1.54, 1.807) is 0 Å². The van der Waals surface area contributed by atoms with Crippen LogP contribution in [0.5, 0.6) is 0 Å². The minimum Gasteiger partial charge on any atom is -0.379 e. The van der Waals surface area contributed by atoms with Crippen LogP contribution in [-0.4, -0.2) is 98.9 Å². The van der Waals surface area contributed by atoms with Crippen molar-refractivity contribution in [2.24, 2.45) is 10.8 Å². The number of hydrogen-bond acceptors (Lipinski definition) is 6. The normalized spacial score (nSPS) is 23.1. The van der Waals surface area contributed by atoms with Gasteiger partial charge in [0, 0.05) is 62.2 Å². The Morgan fingerprint density at radius 3 is 2.30 bits per heavy atom. The lowest BCUT2D eigenvalue weighted by atomic mass is 9.85. The summed E-state index contributed by atoms with van der Waals surface area (Å²) in [4.78, 5) is 29.8. The zero-order chi connectivity index (χ0) is 24.6. The Kier molecular flexibility index (Phi) is 10.6. The van der Waals surface area contributed by atoms with E-state index in [0.29, 0.717) is 13.2 Å². The monoisotopic (exact) mass is 468 g/mol. The summed E-state index contributed by atoms with van der Waals surface area (Å²) in [7, 11) is 0. The lowest BCUT2D eigenvalue weighted by molar-refractivity contribution is -0.131. The molecule has 0 aromatic carbocycles. The lowest BCUT2D eigenvalue weighted by Gasteiger charge is -2.37. The predicted octanol–water partition coefficient (Wildman–Crippen LogP) is 1.88. The first kappa shape index (κ1) is 28.0. The molecule has 0 spiro atoms. The molecule has 0 radical (unpaired) electrons. The maximum atomic E-state index is 13.0. The van der Waals surface area contributed by atoms with Gasteiger partial charge >= 0.3 is 0 Å². The largest absolute Gasteiger partial charge is 0.379 e. The highest BCUT2D eigenvalue weighted by atomic mass is 16.5. The number of nitrogens with one attached hydrogen (secondary N) is 2. The van der Waals surface area contributed by atoms with Crippen LogP contribution in [0, 0.1) is 10.8 Å². The number of carbonyl (C=O) groups is 2. The van der Waals surface area contributed by atoms with Crippen LogP contribution in [0.25, 0.3) is 0 Å². The molecule has 192 valence electrons. The van der Waals surface area contributed by atoms with Crippen LogP contribution in [0.4, 0.5) is 0 Å². The number of ether oxygens (including phenoxy) is 2. The lowest BCUT2D eigenvalue weighted by Crippen LogP contribution is -2.54. The van der Waals surface area contributed by atoms with E-state index in [2.05, 4.69) is 34.3 Å². The Morgan fingerprint density at radius 2 is 1.67 bits per heavy atom. The highest BCUT2D eigenvalue weighted by Crippen LogP contribution is 2.26. The second kappa shape index (κ2) is 12.5. The van der Waals surface area contributed by atoms with Crippen molar-refractivity contribution >= 4 is 11.8 Å². The SMILES string of the molecule is CC(NC(=O)C(C)(C)CCC1CN(CCNC(=O)C(C)(C)C)CCO1)C(C)N1CCOCC1. The molecule has 8 heteroatoms. The molecule has 0 aliphatic carbocycles. The molecule has 2 rings (SSSR count). The van der Waals surface area contributed by atoms with Gasteiger partial charge in [-0.2, -0.15) is 0 Å². The van der Waals surface area contributed by atoms with E-state index < -0.39 is 5.41 Å². The quantitative estimate of drug-likeness (QED) is 0.509. The molecule has 2 N–H and O–H groups in total. The van der Waals surface area contributed by atoms with Gasteiger partial charge in [0.05, 0.1) is 25.9 Å². The minimum atomic E-state index is -0.453. The van der Waals surface area contributed by atoms with Crippen LogP contribution >= 0.6 is 0 Å². The topological polar surface area (TPSA) is 83.1 Å². The standard InChI is InChI=1S/C25H48N4O4/c1-19(20(2)29-13-15-32-16-14-29)27-23(31)25(6,7)9-8-21-18-28(12-17-33-21)11-10-26-22(30)24(3,4)5/h19-21H,8-18H2,1-7H3,(H,26,30)(H,27,31). The number of rotatable bonds is 10. The van der Waals surface area contributed by atoms with E-state index in [4.69, 9.17) is 9.47 Å². The maximum Gasteiger partial charge on any atom is 0.225 e. The molecule has 2 amide bonds. The molecule has 2 fully saturated rings. The molecule has 0 bridgehead atoms. The summed E-state index contributed by atoms with van der Waals surface area (Å²) in [6, 6.07) is 0.363. The van der Waals surface area contributed by atoms with Crippen LogP contribution < -0.4 is 10.6 Å². The van der Waals surface area contributed by atoms with Gasteiger partial charge in [0.2, 0.25) is 11.8 Å². The molecule has 3 unspecified atom stereocenters. The third-order valence-corrected chi connectivity index (χ3v) is 7.03. The first-order chi connectivity index (χ1) is 15.4. The first-order valence-electron chi connectivity index (χ1n) is 12.6. The second-order valence-corrected chi connectivity index (χ2v) is 11.4. The average molecular weight is 469 g/mol. The van der Waals surface area contributed by atoms with Gasteiger partial charge in [0.25, 0.3) is 0 Å². The minimum absolute atomic E-state index is 0.0808. The number of nitrogens with zero attached hydrogens (tertiary/aromatic N) is 2. The van der Waals surface area contributed by atoms with Crippen molar-refractivity contribution in [3.8, 4) is 0 Å². The van der Waals surface area contributed by atoms with E-state index >= 15 is 0 Å². The summed E-state index contributed by atoms with van der Waals surface area (Å²) in [5.74, 6) is 0.185. The highest BCUT2D eigenvalue weighted by molar-refractivity contribution is 5.82. The van der Waals surface area contributed by atoms with Gasteiger partial charge in [-0.1, -0.05) is 34.6 Å². The summed E-state index contributed by atoms with van der Waals surface area (Å²) < 4.78 is 11.4. The summed E-state index contributed by atoms with van der Waals surface area (Å²) in [6.45, 7) is 21.3. The molecule has 0 aromatic rings. The molecule has 8 nitrogen and oxygen atoms in total. The van der Waals surface area contributed by atoms with Crippen molar-refractivity contribution in [3.05, 3.63) is 0 Å². The van der Waals surface area contributed by atoms with Crippen molar-refractivity contribution < 1.29 is 19.1 Å². The number of hydrogen-bond donors (Lipinski definition) is 2. The van der Waals surface area contributed by atoms with Crippen LogP contribution in [0.3, 0.4) is 0 Å². The van der Waals surface area contributed by atoms with Crippen LogP contribution in [0.1, 0.15) is 61.3 Å². The summed E-state index contributed by atoms with van der Waals surface area (Å²) >= 11 is 0. The third-order valence-electron chi connectivity index (χ3n) is 7.03. The number of carbonyl (C=O) groups excluding carboxylic acids is 2. The highest BCUT2D eigenvalue weighted by Gasteiger charge is 2.32. The van der Waals surface area contributed by atoms with Crippen molar-refractivity contribution in [1.82, 2.24) is 20.4 Å². The fourth-order valence-electron chi connectivity index (χ4n) is 4.21. The smallest absolute Gasteiger partial charge is 0.225 e. The van der Waals surface area contributed by atoms with Crippen molar-refractivity contribution in [1.29, 1.82) is 0 Å². The Labute approximate surface area is 201 Å². The Bertz CT molecular complexity index is 628. The molecule has 2 aliphatic heterocycles. The summed E-state index contributed by atoms with van der Waals surface area (Å²) in [5.41, 5.74) is -0.817. The van der Waals surface area contributed by atoms with Crippen LogP contribution in [0.2, 0.25) is 0 Å². The molecular formula is C25H48N4O4. The van der Waals surface area contributed by atoms with E-state index in [-0.39, 0.29) is 35.4 Å². The van der Waals surface area contributed by atoms with Crippen LogP contribution in [-0.2, 0) is 19.1 Å². The van der Waals surface area contributed by atoms with E-state index in [1.165, 1.54) is 0 Å². The molecular weight excluding hydrogens is 420 g/mol. The molecule has 2 heterocycles. The molecule has 2 aliphatic rings. The van der Waals surface area contributed by atoms with E-state index in [9.17, 15) is 9.59 Å². The number of morpholine rings is 2. The molecule has 0 aromatic heterocycles. The van der Waals surface area contributed by atoms with E-state index in [0.717, 1.165) is 58.8 Å². The van der Waals surface area contributed by atoms with Crippen LogP contribution in [0.15, 0.2) is 0 Å². The zero-order valence-electron chi connectivity index (χ0n) is 22.0. The van der Waals surface area contributed by atoms with Gasteiger partial charge in [-0.05, 0) is 26.7 Å². The molecule has 3 atom stereocenters. The average Bonchev–Trinajstić information content (AvgIpc) is 2.77. The predicted molar refractivity (Wildman–Crippen MR) is 131 cm³/mol. The summed E-state index contributed by atoms with van der Waals surface area (Å²) in [6.07, 6.45) is 1.74. The zero-order valence-corrected chi connectivity index (χ0v) is 22.0. The Balaban J connectivity index is 1.74. The van der Waals surface area contributed by atoms with Crippen molar-refractivity contribution in [3.63, 3.8) is 0 Å². The summed E-state index contributed by atoms with van der Waals surface area (Å²) in [5, 5.41) is 6.27. The second-order valence-electron chi connectivity index (χ2n) is 11.4. The molecule has 33 heavy (non-hydrogen) atoms. The fourth-order valence-corrected chi connectivity index (χ4v) is 4.21. The van der Waals surface area contributed by atoms with Gasteiger partial charge in [-0.3, -0.25) is 19.4 Å². The number of amides is 2. The van der Waals surface area contributed by atoms with Gasteiger partial charge in [0.1, 0.15) is 0 Å². The third kappa shape index (κ3) is 9.15. The molecule has 0 saturated carbocycles. The maximum absolute atomic E-state index is 13.0. The Hall–Kier alpha value is -1.22. The van der Waals surface area contributed by atoms with Gasteiger partial charge < -0.3 is 20.1 Å². The van der Waals surface area contributed by atoms with Gasteiger partial charge in [-0.25, -0.2) is 0 Å². The Morgan fingerprint density at radius 1 is 1.00 bits per heavy atom. The first-order valence-corrected chi connectivity index (χ1v) is 12.6. The molecule has 2 saturated heterocycles.